The summed E-state index contributed by atoms with van der Waals surface area (Å²) < 4.78 is 0. The monoisotopic (exact) mass is 376 g/mol. The number of carbonyl (C=O) groups excluding carboxylic acids is 1. The number of unbranched alkanes of at least 4 members (excludes halogenated alkanes) is 3. The zero-order chi connectivity index (χ0) is 20.0. The number of hydrogen-bond donors (Lipinski definition) is 0. The third kappa shape index (κ3) is 7.46. The maximum atomic E-state index is 11.9. The van der Waals surface area contributed by atoms with Crippen molar-refractivity contribution in [2.45, 2.75) is 71.1 Å². The normalized spacial score (nSPS) is 13.9. The lowest BCUT2D eigenvalue weighted by Crippen LogP contribution is -2.15. The van der Waals surface area contributed by atoms with E-state index in [1.807, 2.05) is 18.2 Å². The van der Waals surface area contributed by atoms with Crippen LogP contribution in [0.2, 0.25) is 0 Å². The summed E-state index contributed by atoms with van der Waals surface area (Å²) in [6.07, 6.45) is 12.7. The molecule has 2 atom stereocenters. The van der Waals surface area contributed by atoms with Crippen LogP contribution in [-0.4, -0.2) is 6.29 Å². The van der Waals surface area contributed by atoms with E-state index in [4.69, 9.17) is 0 Å². The molecule has 150 valence electrons. The summed E-state index contributed by atoms with van der Waals surface area (Å²) in [6.45, 7) is 4.53. The van der Waals surface area contributed by atoms with Crippen LogP contribution in [0.5, 0.6) is 0 Å². The Morgan fingerprint density at radius 3 is 2.11 bits per heavy atom. The molecule has 0 aliphatic rings. The van der Waals surface area contributed by atoms with Crippen molar-refractivity contribution in [2.24, 2.45) is 5.92 Å². The van der Waals surface area contributed by atoms with Gasteiger partial charge in [0.2, 0.25) is 0 Å². The van der Waals surface area contributed by atoms with Gasteiger partial charge in [-0.1, -0.05) is 107 Å². The number of carbonyl (C=O) groups is 1. The lowest BCUT2D eigenvalue weighted by molar-refractivity contribution is -0.105. The largest absolute Gasteiger partial charge is 0.298 e. The summed E-state index contributed by atoms with van der Waals surface area (Å²) in [6, 6.07) is 21.1. The Morgan fingerprint density at radius 2 is 1.50 bits per heavy atom. The smallest absolute Gasteiger partial charge is 0.146 e. The maximum absolute atomic E-state index is 11.9. The number of aldehydes is 1. The van der Waals surface area contributed by atoms with Gasteiger partial charge in [0.15, 0.2) is 0 Å². The van der Waals surface area contributed by atoms with Crippen LogP contribution in [0.25, 0.3) is 6.08 Å². The summed E-state index contributed by atoms with van der Waals surface area (Å²) in [5.74, 6) is 1.03. The second kappa shape index (κ2) is 13.1. The van der Waals surface area contributed by atoms with Gasteiger partial charge >= 0.3 is 0 Å². The fraction of sp³-hybridized carbons (Fsp3) is 0.444. The molecule has 28 heavy (non-hydrogen) atoms. The molecular weight excluding hydrogens is 340 g/mol. The first kappa shape index (κ1) is 22.1. The molecule has 0 amide bonds. The van der Waals surface area contributed by atoms with E-state index in [2.05, 4.69) is 62.4 Å². The highest BCUT2D eigenvalue weighted by Gasteiger charge is 2.23. The molecule has 0 aliphatic heterocycles. The lowest BCUT2D eigenvalue weighted by atomic mass is 9.76. The first-order valence-corrected chi connectivity index (χ1v) is 11.0. The van der Waals surface area contributed by atoms with Gasteiger partial charge in [-0.25, -0.2) is 0 Å². The van der Waals surface area contributed by atoms with Crippen LogP contribution in [0, 0.1) is 5.92 Å². The Bertz CT molecular complexity index is 687. The molecule has 2 unspecified atom stereocenters. The zero-order valence-electron chi connectivity index (χ0n) is 17.6. The van der Waals surface area contributed by atoms with Crippen LogP contribution in [0.1, 0.15) is 82.3 Å². The highest BCUT2D eigenvalue weighted by atomic mass is 16.1. The summed E-state index contributed by atoms with van der Waals surface area (Å²) >= 11 is 0. The van der Waals surface area contributed by atoms with Gasteiger partial charge in [0, 0.05) is 0 Å². The van der Waals surface area contributed by atoms with Crippen molar-refractivity contribution in [3.63, 3.8) is 0 Å². The molecule has 2 rings (SSSR count). The Kier molecular flexibility index (Phi) is 10.4. The van der Waals surface area contributed by atoms with Crippen molar-refractivity contribution in [3.05, 3.63) is 77.4 Å². The predicted octanol–water partition coefficient (Wildman–Crippen LogP) is 7.83. The Balaban J connectivity index is 2.23. The molecule has 0 saturated heterocycles. The molecule has 0 heterocycles. The van der Waals surface area contributed by atoms with Gasteiger partial charge in [0.05, 0.1) is 0 Å². The van der Waals surface area contributed by atoms with Crippen LogP contribution >= 0.6 is 0 Å². The van der Waals surface area contributed by atoms with Gasteiger partial charge in [0.1, 0.15) is 6.29 Å². The minimum absolute atomic E-state index is 0.513. The summed E-state index contributed by atoms with van der Waals surface area (Å²) in [5.41, 5.74) is 3.46. The number of rotatable bonds is 13. The third-order valence-corrected chi connectivity index (χ3v) is 5.63. The van der Waals surface area contributed by atoms with Gasteiger partial charge < -0.3 is 0 Å². The minimum Gasteiger partial charge on any atom is -0.298 e. The van der Waals surface area contributed by atoms with Gasteiger partial charge in [0.25, 0.3) is 0 Å². The van der Waals surface area contributed by atoms with E-state index >= 15 is 0 Å². The molecule has 0 radical (unpaired) electrons. The minimum atomic E-state index is 0.513. The van der Waals surface area contributed by atoms with Crippen LogP contribution < -0.4 is 0 Å². The van der Waals surface area contributed by atoms with Crippen molar-refractivity contribution in [1.29, 1.82) is 0 Å². The molecule has 1 heteroatoms. The molecule has 2 aromatic rings. The molecule has 0 fully saturated rings. The van der Waals surface area contributed by atoms with E-state index < -0.39 is 0 Å². The highest BCUT2D eigenvalue weighted by molar-refractivity contribution is 5.81. The van der Waals surface area contributed by atoms with Crippen molar-refractivity contribution in [2.75, 3.05) is 0 Å². The lowest BCUT2D eigenvalue weighted by Gasteiger charge is -2.28. The molecule has 0 aliphatic carbocycles. The first-order valence-electron chi connectivity index (χ1n) is 11.0. The van der Waals surface area contributed by atoms with Gasteiger partial charge in [-0.2, -0.15) is 0 Å². The molecule has 0 N–H and O–H groups in total. The Hall–Kier alpha value is -2.15. The molecule has 0 bridgehead atoms. The van der Waals surface area contributed by atoms with Crippen molar-refractivity contribution >= 4 is 12.4 Å². The average Bonchev–Trinajstić information content (AvgIpc) is 2.75. The molecule has 1 nitrogen and oxygen atoms in total. The predicted molar refractivity (Wildman–Crippen MR) is 121 cm³/mol. The average molecular weight is 377 g/mol. The van der Waals surface area contributed by atoms with Gasteiger partial charge in [-0.3, -0.25) is 4.79 Å². The molecular formula is C27H36O. The topological polar surface area (TPSA) is 17.1 Å². The van der Waals surface area contributed by atoms with Crippen LogP contribution in [0.4, 0.5) is 0 Å². The van der Waals surface area contributed by atoms with E-state index in [1.54, 1.807) is 0 Å². The summed E-state index contributed by atoms with van der Waals surface area (Å²) in [7, 11) is 0. The van der Waals surface area contributed by atoms with E-state index in [9.17, 15) is 4.79 Å². The summed E-state index contributed by atoms with van der Waals surface area (Å²) in [5, 5.41) is 0. The molecule has 0 spiro atoms. The maximum Gasteiger partial charge on any atom is 0.146 e. The van der Waals surface area contributed by atoms with E-state index in [-0.39, 0.29) is 0 Å². The number of hydrogen-bond acceptors (Lipinski definition) is 1. The zero-order valence-corrected chi connectivity index (χ0v) is 17.6. The standard InChI is InChI=1S/C27H36O/c1-3-5-6-11-19-26(27(14-4-2)25-17-12-8-13-18-25)21-24(22-28)20-23-15-9-7-10-16-23/h7-10,12-13,15-18,20,22,26-27H,3-6,11,14,19,21H2,1-2H3. The molecule has 0 saturated carbocycles. The van der Waals surface area contributed by atoms with Crippen molar-refractivity contribution in [3.8, 4) is 0 Å². The van der Waals surface area contributed by atoms with Gasteiger partial charge in [-0.15, -0.1) is 0 Å². The van der Waals surface area contributed by atoms with E-state index in [1.165, 1.54) is 50.5 Å². The first-order chi connectivity index (χ1) is 13.8. The Morgan fingerprint density at radius 1 is 0.821 bits per heavy atom. The van der Waals surface area contributed by atoms with E-state index in [0.29, 0.717) is 11.8 Å². The molecule has 0 aromatic heterocycles. The second-order valence-corrected chi connectivity index (χ2v) is 7.87. The highest BCUT2D eigenvalue weighted by Crippen LogP contribution is 2.37. The third-order valence-electron chi connectivity index (χ3n) is 5.63. The van der Waals surface area contributed by atoms with Crippen LogP contribution in [-0.2, 0) is 4.79 Å². The number of benzene rings is 2. The van der Waals surface area contributed by atoms with Crippen molar-refractivity contribution in [1.82, 2.24) is 0 Å². The second-order valence-electron chi connectivity index (χ2n) is 7.87. The van der Waals surface area contributed by atoms with Crippen LogP contribution in [0.3, 0.4) is 0 Å². The molecule has 2 aromatic carbocycles. The SMILES string of the molecule is CCCCCCC(CC(C=O)=Cc1ccccc1)C(CCC)c1ccccc1. The van der Waals surface area contributed by atoms with Crippen LogP contribution in [0.15, 0.2) is 66.2 Å². The van der Waals surface area contributed by atoms with E-state index in [0.717, 1.165) is 23.8 Å². The quantitative estimate of drug-likeness (QED) is 0.198. The summed E-state index contributed by atoms with van der Waals surface area (Å²) in [4.78, 5) is 11.9. The van der Waals surface area contributed by atoms with Gasteiger partial charge in [-0.05, 0) is 53.9 Å². The number of allylic oxidation sites excluding steroid dienone is 1. The van der Waals surface area contributed by atoms with Crippen molar-refractivity contribution < 1.29 is 4.79 Å². The fourth-order valence-electron chi connectivity index (χ4n) is 4.17. The fourth-order valence-corrected chi connectivity index (χ4v) is 4.17. The Labute approximate surface area is 171 Å².